The molecule has 0 bridgehead atoms. The normalized spacial score (nSPS) is 26.2. The van der Waals surface area contributed by atoms with Gasteiger partial charge in [0.1, 0.15) is 11.4 Å². The molecule has 1 aromatic heterocycles. The number of fused-ring (bicyclic) bond motifs is 1. The maximum atomic E-state index is 9.51. The summed E-state index contributed by atoms with van der Waals surface area (Å²) in [5, 5.41) is 9.51. The molecule has 1 aliphatic heterocycles. The number of hydrogen-bond acceptors (Lipinski definition) is 4. The lowest BCUT2D eigenvalue weighted by Gasteiger charge is -2.41. The number of aryl methyl sites for hydroxylation is 1. The number of benzene rings is 1. The van der Waals surface area contributed by atoms with Crippen LogP contribution in [0.4, 0.5) is 0 Å². The third-order valence-corrected chi connectivity index (χ3v) is 6.01. The SMILES string of the molecule is Cc1cnccc1CN1Cc2ccccc2OC2(CCC(CO)CC2)C1. The fourth-order valence-corrected chi connectivity index (χ4v) is 4.38. The molecule has 1 aliphatic carbocycles. The van der Waals surface area contributed by atoms with Crippen molar-refractivity contribution in [3.63, 3.8) is 0 Å². The largest absolute Gasteiger partial charge is 0.486 e. The predicted molar refractivity (Wildman–Crippen MR) is 102 cm³/mol. The third kappa shape index (κ3) is 3.62. The molecule has 2 heterocycles. The Balaban J connectivity index is 1.61. The molecule has 1 N–H and O–H groups in total. The van der Waals surface area contributed by atoms with Gasteiger partial charge < -0.3 is 9.84 Å². The number of rotatable bonds is 3. The molecule has 1 saturated carbocycles. The van der Waals surface area contributed by atoms with Crippen LogP contribution in [0.25, 0.3) is 0 Å². The van der Waals surface area contributed by atoms with E-state index < -0.39 is 0 Å². The quantitative estimate of drug-likeness (QED) is 0.915. The second-order valence-electron chi connectivity index (χ2n) is 7.97. The van der Waals surface area contributed by atoms with Gasteiger partial charge in [-0.15, -0.1) is 0 Å². The highest BCUT2D eigenvalue weighted by atomic mass is 16.5. The molecule has 4 heteroatoms. The van der Waals surface area contributed by atoms with Gasteiger partial charge in [0.25, 0.3) is 0 Å². The first-order valence-corrected chi connectivity index (χ1v) is 9.67. The molecule has 1 spiro atoms. The Morgan fingerprint density at radius 2 is 2.04 bits per heavy atom. The molecule has 0 amide bonds. The van der Waals surface area contributed by atoms with Crippen LogP contribution >= 0.6 is 0 Å². The molecular weight excluding hydrogens is 324 g/mol. The van der Waals surface area contributed by atoms with Crippen LogP contribution in [-0.2, 0) is 13.1 Å². The van der Waals surface area contributed by atoms with Crippen molar-refractivity contribution < 1.29 is 9.84 Å². The van der Waals surface area contributed by atoms with Crippen molar-refractivity contribution in [2.45, 2.75) is 51.3 Å². The fraction of sp³-hybridized carbons (Fsp3) is 0.500. The Labute approximate surface area is 155 Å². The van der Waals surface area contributed by atoms with Crippen molar-refractivity contribution in [2.24, 2.45) is 5.92 Å². The summed E-state index contributed by atoms with van der Waals surface area (Å²) in [7, 11) is 0. The number of aliphatic hydroxyl groups is 1. The number of aromatic nitrogens is 1. The van der Waals surface area contributed by atoms with Crippen molar-refractivity contribution in [2.75, 3.05) is 13.2 Å². The molecule has 0 radical (unpaired) electrons. The summed E-state index contributed by atoms with van der Waals surface area (Å²) in [6, 6.07) is 10.6. The minimum Gasteiger partial charge on any atom is -0.486 e. The number of para-hydroxylation sites is 1. The van der Waals surface area contributed by atoms with Crippen LogP contribution in [0.1, 0.15) is 42.4 Å². The number of aliphatic hydroxyl groups excluding tert-OH is 1. The van der Waals surface area contributed by atoms with E-state index in [2.05, 4.69) is 47.1 Å². The third-order valence-electron chi connectivity index (χ3n) is 6.01. The lowest BCUT2D eigenvalue weighted by molar-refractivity contribution is -0.0154. The second-order valence-corrected chi connectivity index (χ2v) is 7.97. The summed E-state index contributed by atoms with van der Waals surface area (Å²) < 4.78 is 6.64. The van der Waals surface area contributed by atoms with E-state index in [4.69, 9.17) is 4.74 Å². The monoisotopic (exact) mass is 352 g/mol. The molecule has 4 rings (SSSR count). The van der Waals surface area contributed by atoms with Crippen molar-refractivity contribution in [1.29, 1.82) is 0 Å². The molecule has 26 heavy (non-hydrogen) atoms. The number of hydrogen-bond donors (Lipinski definition) is 1. The highest BCUT2D eigenvalue weighted by Gasteiger charge is 2.40. The Bertz CT molecular complexity index is 753. The Morgan fingerprint density at radius 3 is 2.81 bits per heavy atom. The van der Waals surface area contributed by atoms with Crippen LogP contribution < -0.4 is 4.74 Å². The minimum atomic E-state index is -0.140. The average Bonchev–Trinajstić information content (AvgIpc) is 2.80. The first-order chi connectivity index (χ1) is 12.7. The van der Waals surface area contributed by atoms with Crippen molar-refractivity contribution in [3.05, 3.63) is 59.4 Å². The van der Waals surface area contributed by atoms with E-state index in [-0.39, 0.29) is 5.60 Å². The van der Waals surface area contributed by atoms with Gasteiger partial charge in [-0.2, -0.15) is 0 Å². The zero-order valence-electron chi connectivity index (χ0n) is 15.5. The molecule has 138 valence electrons. The highest BCUT2D eigenvalue weighted by molar-refractivity contribution is 5.35. The van der Waals surface area contributed by atoms with Gasteiger partial charge in [-0.05, 0) is 61.8 Å². The van der Waals surface area contributed by atoms with E-state index in [9.17, 15) is 5.11 Å². The van der Waals surface area contributed by atoms with Crippen LogP contribution in [0.5, 0.6) is 5.75 Å². The predicted octanol–water partition coefficient (Wildman–Crippen LogP) is 3.71. The molecule has 2 aliphatic rings. The summed E-state index contributed by atoms with van der Waals surface area (Å²) in [5.74, 6) is 1.46. The van der Waals surface area contributed by atoms with Gasteiger partial charge in [0.05, 0.1) is 0 Å². The van der Waals surface area contributed by atoms with E-state index in [1.165, 1.54) is 16.7 Å². The van der Waals surface area contributed by atoms with Crippen molar-refractivity contribution in [3.8, 4) is 5.75 Å². The lowest BCUT2D eigenvalue weighted by atomic mass is 9.78. The number of nitrogens with zero attached hydrogens (tertiary/aromatic N) is 2. The minimum absolute atomic E-state index is 0.140. The molecule has 1 fully saturated rings. The molecule has 2 aromatic rings. The van der Waals surface area contributed by atoms with E-state index in [1.54, 1.807) is 0 Å². The Hall–Kier alpha value is -1.91. The van der Waals surface area contributed by atoms with Gasteiger partial charge in [0, 0.05) is 44.2 Å². The molecule has 0 atom stereocenters. The van der Waals surface area contributed by atoms with Gasteiger partial charge in [-0.1, -0.05) is 18.2 Å². The maximum Gasteiger partial charge on any atom is 0.124 e. The maximum absolute atomic E-state index is 9.51. The number of ether oxygens (including phenoxy) is 1. The summed E-state index contributed by atoms with van der Waals surface area (Å²) in [4.78, 5) is 6.75. The summed E-state index contributed by atoms with van der Waals surface area (Å²) in [6.07, 6.45) is 7.94. The van der Waals surface area contributed by atoms with Crippen LogP contribution in [0.15, 0.2) is 42.7 Å². The van der Waals surface area contributed by atoms with Crippen molar-refractivity contribution >= 4 is 0 Å². The van der Waals surface area contributed by atoms with E-state index >= 15 is 0 Å². The van der Waals surface area contributed by atoms with Gasteiger partial charge in [-0.3, -0.25) is 9.88 Å². The van der Waals surface area contributed by atoms with Crippen LogP contribution in [0, 0.1) is 12.8 Å². The summed E-state index contributed by atoms with van der Waals surface area (Å²) in [6.45, 7) is 5.18. The van der Waals surface area contributed by atoms with E-state index in [0.717, 1.165) is 51.1 Å². The second kappa shape index (κ2) is 7.37. The topological polar surface area (TPSA) is 45.6 Å². The number of pyridine rings is 1. The lowest BCUT2D eigenvalue weighted by Crippen LogP contribution is -2.48. The first kappa shape index (κ1) is 17.5. The highest BCUT2D eigenvalue weighted by Crippen LogP contribution is 2.40. The van der Waals surface area contributed by atoms with Gasteiger partial charge in [0.2, 0.25) is 0 Å². The molecular formula is C22H28N2O2. The standard InChI is InChI=1S/C22H28N2O2/c1-17-12-23-11-8-19(17)13-24-14-20-4-2-3-5-21(20)26-22(16-24)9-6-18(15-25)7-10-22/h2-5,8,11-12,18,25H,6-7,9-10,13-16H2,1H3. The Morgan fingerprint density at radius 1 is 1.23 bits per heavy atom. The van der Waals surface area contributed by atoms with Crippen molar-refractivity contribution in [1.82, 2.24) is 9.88 Å². The van der Waals surface area contributed by atoms with Gasteiger partial charge >= 0.3 is 0 Å². The molecule has 0 unspecified atom stereocenters. The van der Waals surface area contributed by atoms with Crippen LogP contribution in [-0.4, -0.2) is 33.7 Å². The molecule has 1 aromatic carbocycles. The molecule has 0 saturated heterocycles. The summed E-state index contributed by atoms with van der Waals surface area (Å²) in [5.41, 5.74) is 3.70. The van der Waals surface area contributed by atoms with Gasteiger partial charge in [0.15, 0.2) is 0 Å². The Kier molecular flexibility index (Phi) is 4.96. The van der Waals surface area contributed by atoms with E-state index in [0.29, 0.717) is 12.5 Å². The summed E-state index contributed by atoms with van der Waals surface area (Å²) >= 11 is 0. The van der Waals surface area contributed by atoms with Crippen LogP contribution in [0.3, 0.4) is 0 Å². The zero-order chi connectivity index (χ0) is 18.0. The average molecular weight is 352 g/mol. The first-order valence-electron chi connectivity index (χ1n) is 9.67. The fourth-order valence-electron chi connectivity index (χ4n) is 4.38. The smallest absolute Gasteiger partial charge is 0.124 e. The van der Waals surface area contributed by atoms with Crippen LogP contribution in [0.2, 0.25) is 0 Å². The van der Waals surface area contributed by atoms with Gasteiger partial charge in [-0.25, -0.2) is 0 Å². The zero-order valence-corrected chi connectivity index (χ0v) is 15.5. The van der Waals surface area contributed by atoms with E-state index in [1.807, 2.05) is 12.4 Å². The molecule has 4 nitrogen and oxygen atoms in total.